The monoisotopic (exact) mass is 435 g/mol. The predicted molar refractivity (Wildman–Crippen MR) is 116 cm³/mol. The number of ether oxygens (including phenoxy) is 1. The zero-order chi connectivity index (χ0) is 21.1. The Morgan fingerprint density at radius 3 is 2.43 bits per heavy atom. The van der Waals surface area contributed by atoms with Gasteiger partial charge in [-0.05, 0) is 24.3 Å². The van der Waals surface area contributed by atoms with Gasteiger partial charge in [0.2, 0.25) is 10.0 Å². The van der Waals surface area contributed by atoms with E-state index in [1.54, 1.807) is 0 Å². The third-order valence-corrected chi connectivity index (χ3v) is 7.04. The fourth-order valence-corrected chi connectivity index (χ4v) is 4.81. The SMILES string of the molecule is CS(=O)(=O)N1CCN(c2ccc3ccc(C(=O)NCCN4CCOCC4)cn23)CC1. The van der Waals surface area contributed by atoms with Gasteiger partial charge in [0.15, 0.2) is 0 Å². The van der Waals surface area contributed by atoms with E-state index < -0.39 is 10.0 Å². The van der Waals surface area contributed by atoms with Crippen LogP contribution >= 0.6 is 0 Å². The molecule has 1 N–H and O–H groups in total. The van der Waals surface area contributed by atoms with Gasteiger partial charge >= 0.3 is 0 Å². The number of nitrogens with one attached hydrogen (secondary N) is 1. The minimum atomic E-state index is -3.16. The number of fused-ring (bicyclic) bond motifs is 1. The molecular formula is C20H29N5O4S. The molecule has 2 aliphatic rings. The maximum atomic E-state index is 12.6. The van der Waals surface area contributed by atoms with Crippen molar-refractivity contribution in [1.29, 1.82) is 0 Å². The first kappa shape index (κ1) is 21.1. The summed E-state index contributed by atoms with van der Waals surface area (Å²) in [5.74, 6) is 0.882. The number of morpholine rings is 1. The quantitative estimate of drug-likeness (QED) is 0.692. The second-order valence-electron chi connectivity index (χ2n) is 7.76. The summed E-state index contributed by atoms with van der Waals surface area (Å²) in [6.07, 6.45) is 3.11. The Hall–Kier alpha value is -2.14. The van der Waals surface area contributed by atoms with Crippen molar-refractivity contribution in [2.75, 3.05) is 76.7 Å². The van der Waals surface area contributed by atoms with Crippen LogP contribution in [0, 0.1) is 0 Å². The molecule has 9 nitrogen and oxygen atoms in total. The van der Waals surface area contributed by atoms with Gasteiger partial charge in [-0.15, -0.1) is 0 Å². The number of carbonyl (C=O) groups excluding carboxylic acids is 1. The van der Waals surface area contributed by atoms with Crippen LogP contribution in [0.15, 0.2) is 30.5 Å². The molecule has 0 unspecified atom stereocenters. The van der Waals surface area contributed by atoms with Gasteiger partial charge < -0.3 is 19.4 Å². The predicted octanol–water partition coefficient (Wildman–Crippen LogP) is 0.0829. The maximum Gasteiger partial charge on any atom is 0.252 e. The Kier molecular flexibility index (Phi) is 6.28. The highest BCUT2D eigenvalue weighted by atomic mass is 32.2. The second-order valence-corrected chi connectivity index (χ2v) is 9.75. The van der Waals surface area contributed by atoms with Crippen LogP contribution in [0.4, 0.5) is 5.82 Å². The van der Waals surface area contributed by atoms with Crippen LogP contribution in [-0.4, -0.2) is 99.8 Å². The van der Waals surface area contributed by atoms with Crippen LogP contribution in [-0.2, 0) is 14.8 Å². The molecule has 0 aliphatic carbocycles. The summed E-state index contributed by atoms with van der Waals surface area (Å²) in [5.41, 5.74) is 1.61. The highest BCUT2D eigenvalue weighted by molar-refractivity contribution is 7.88. The lowest BCUT2D eigenvalue weighted by molar-refractivity contribution is 0.0383. The van der Waals surface area contributed by atoms with E-state index in [4.69, 9.17) is 4.74 Å². The van der Waals surface area contributed by atoms with Crippen molar-refractivity contribution >= 4 is 27.3 Å². The Morgan fingerprint density at radius 2 is 1.73 bits per heavy atom. The molecule has 4 heterocycles. The van der Waals surface area contributed by atoms with Crippen LogP contribution in [0.25, 0.3) is 5.52 Å². The maximum absolute atomic E-state index is 12.6. The third-order valence-electron chi connectivity index (χ3n) is 5.74. The smallest absolute Gasteiger partial charge is 0.252 e. The summed E-state index contributed by atoms with van der Waals surface area (Å²) < 4.78 is 32.4. The van der Waals surface area contributed by atoms with Gasteiger partial charge in [0.1, 0.15) is 5.82 Å². The molecule has 2 aromatic heterocycles. The summed E-state index contributed by atoms with van der Waals surface area (Å²) in [6.45, 7) is 6.90. The highest BCUT2D eigenvalue weighted by Crippen LogP contribution is 2.22. The molecule has 0 bridgehead atoms. The lowest BCUT2D eigenvalue weighted by atomic mass is 10.2. The van der Waals surface area contributed by atoms with Gasteiger partial charge in [-0.3, -0.25) is 9.69 Å². The molecule has 0 aromatic carbocycles. The Labute approximate surface area is 177 Å². The van der Waals surface area contributed by atoms with Crippen molar-refractivity contribution in [2.24, 2.45) is 0 Å². The third kappa shape index (κ3) is 4.77. The first-order valence-corrected chi connectivity index (χ1v) is 12.2. The van der Waals surface area contributed by atoms with Crippen molar-refractivity contribution in [3.8, 4) is 0 Å². The molecule has 2 aliphatic heterocycles. The first-order valence-electron chi connectivity index (χ1n) is 10.3. The van der Waals surface area contributed by atoms with Crippen molar-refractivity contribution in [2.45, 2.75) is 0 Å². The summed E-state index contributed by atoms with van der Waals surface area (Å²) in [4.78, 5) is 17.1. The number of hydrogen-bond acceptors (Lipinski definition) is 6. The topological polar surface area (TPSA) is 86.6 Å². The van der Waals surface area contributed by atoms with Crippen molar-refractivity contribution in [3.05, 3.63) is 36.0 Å². The first-order chi connectivity index (χ1) is 14.4. The molecule has 0 spiro atoms. The van der Waals surface area contributed by atoms with Crippen LogP contribution in [0.1, 0.15) is 10.4 Å². The minimum absolute atomic E-state index is 0.0910. The van der Waals surface area contributed by atoms with Gasteiger partial charge in [-0.2, -0.15) is 4.31 Å². The summed E-state index contributed by atoms with van der Waals surface area (Å²) in [5, 5.41) is 3.00. The standard InChI is InChI=1S/C20H29N5O4S/c1-30(27,28)24-10-8-23(9-11-24)19-5-4-18-3-2-17(16-25(18)19)20(26)21-6-7-22-12-14-29-15-13-22/h2-5,16H,6-15H2,1H3,(H,21,26). The Bertz CT molecular complexity index is 992. The lowest BCUT2D eigenvalue weighted by Gasteiger charge is -2.34. The largest absolute Gasteiger partial charge is 0.379 e. The van der Waals surface area contributed by atoms with Gasteiger partial charge in [0, 0.05) is 64.1 Å². The van der Waals surface area contributed by atoms with Gasteiger partial charge in [-0.25, -0.2) is 8.42 Å². The van der Waals surface area contributed by atoms with E-state index in [-0.39, 0.29) is 5.91 Å². The van der Waals surface area contributed by atoms with Crippen LogP contribution in [0.5, 0.6) is 0 Å². The van der Waals surface area contributed by atoms with Gasteiger partial charge in [0.05, 0.1) is 25.0 Å². The number of carbonyl (C=O) groups is 1. The lowest BCUT2D eigenvalue weighted by Crippen LogP contribution is -2.48. The van der Waals surface area contributed by atoms with Crippen molar-refractivity contribution < 1.29 is 17.9 Å². The summed E-state index contributed by atoms with van der Waals surface area (Å²) in [6, 6.07) is 7.81. The number of rotatable bonds is 6. The number of pyridine rings is 1. The number of amides is 1. The van der Waals surface area contributed by atoms with E-state index in [2.05, 4.69) is 15.1 Å². The van der Waals surface area contributed by atoms with Crippen LogP contribution in [0.2, 0.25) is 0 Å². The molecule has 0 saturated carbocycles. The molecule has 2 fully saturated rings. The van der Waals surface area contributed by atoms with Crippen LogP contribution < -0.4 is 10.2 Å². The highest BCUT2D eigenvalue weighted by Gasteiger charge is 2.24. The summed E-state index contributed by atoms with van der Waals surface area (Å²) in [7, 11) is -3.16. The van der Waals surface area contributed by atoms with Crippen molar-refractivity contribution in [3.63, 3.8) is 0 Å². The molecule has 10 heteroatoms. The number of anilines is 1. The minimum Gasteiger partial charge on any atom is -0.379 e. The number of nitrogens with zero attached hydrogens (tertiary/aromatic N) is 4. The normalized spacial score (nSPS) is 19.3. The number of aromatic nitrogens is 1. The molecule has 0 radical (unpaired) electrons. The van der Waals surface area contributed by atoms with E-state index in [9.17, 15) is 13.2 Å². The van der Waals surface area contributed by atoms with Gasteiger partial charge in [0.25, 0.3) is 5.91 Å². The zero-order valence-electron chi connectivity index (χ0n) is 17.3. The molecule has 2 saturated heterocycles. The van der Waals surface area contributed by atoms with E-state index in [0.717, 1.165) is 44.2 Å². The zero-order valence-corrected chi connectivity index (χ0v) is 18.1. The Morgan fingerprint density at radius 1 is 1.03 bits per heavy atom. The van der Waals surface area contributed by atoms with E-state index in [0.29, 0.717) is 38.3 Å². The average molecular weight is 436 g/mol. The molecule has 30 heavy (non-hydrogen) atoms. The van der Waals surface area contributed by atoms with E-state index >= 15 is 0 Å². The summed E-state index contributed by atoms with van der Waals surface area (Å²) >= 11 is 0. The fraction of sp³-hybridized carbons (Fsp3) is 0.550. The fourth-order valence-electron chi connectivity index (χ4n) is 3.98. The van der Waals surface area contributed by atoms with Crippen molar-refractivity contribution in [1.82, 2.24) is 18.9 Å². The number of sulfonamides is 1. The molecule has 4 rings (SSSR count). The van der Waals surface area contributed by atoms with E-state index in [1.807, 2.05) is 34.9 Å². The molecule has 2 aromatic rings. The van der Waals surface area contributed by atoms with Gasteiger partial charge in [-0.1, -0.05) is 0 Å². The average Bonchev–Trinajstić information content (AvgIpc) is 3.17. The number of hydrogen-bond donors (Lipinski definition) is 1. The molecule has 164 valence electrons. The Balaban J connectivity index is 1.40. The molecule has 1 amide bonds. The number of piperazine rings is 1. The van der Waals surface area contributed by atoms with E-state index in [1.165, 1.54) is 10.6 Å². The van der Waals surface area contributed by atoms with Crippen LogP contribution in [0.3, 0.4) is 0 Å². The molecular weight excluding hydrogens is 406 g/mol. The second kappa shape index (κ2) is 8.93. The molecule has 0 atom stereocenters.